The SMILES string of the molecule is C[C@H]1CN([C@@H](C)CO)C(=O)c2cc(NS(C)(=O)=O)ccc2O[C@H]1CN(C)Cc1ccc(C(=O)Nc2ccccc2N)cc1. The Hall–Kier alpha value is -4.13. The first-order chi connectivity index (χ1) is 20.3. The molecule has 0 saturated heterocycles. The molecule has 1 aliphatic heterocycles. The van der Waals surface area contributed by atoms with Crippen LogP contribution in [0.25, 0.3) is 0 Å². The van der Waals surface area contributed by atoms with E-state index in [-0.39, 0.29) is 41.7 Å². The number of hydrogen-bond acceptors (Lipinski definition) is 8. The number of carbonyl (C=O) groups excluding carboxylic acids is 2. The van der Waals surface area contributed by atoms with Crippen LogP contribution in [0.15, 0.2) is 66.7 Å². The lowest BCUT2D eigenvalue weighted by Gasteiger charge is -2.38. The maximum Gasteiger partial charge on any atom is 0.258 e. The van der Waals surface area contributed by atoms with E-state index in [4.69, 9.17) is 10.5 Å². The van der Waals surface area contributed by atoms with Crippen LogP contribution >= 0.6 is 0 Å². The van der Waals surface area contributed by atoms with Crippen molar-refractivity contribution in [3.8, 4) is 5.75 Å². The molecule has 0 unspecified atom stereocenters. The third kappa shape index (κ3) is 8.25. The molecule has 5 N–H and O–H groups in total. The van der Waals surface area contributed by atoms with Gasteiger partial charge >= 0.3 is 0 Å². The number of nitrogen functional groups attached to an aromatic ring is 1. The molecular weight excluding hydrogens is 570 g/mol. The minimum Gasteiger partial charge on any atom is -0.488 e. The molecule has 2 amide bonds. The van der Waals surface area contributed by atoms with Crippen LogP contribution in [0.4, 0.5) is 17.1 Å². The molecular formula is C31H39N5O6S. The van der Waals surface area contributed by atoms with Crippen molar-refractivity contribution in [3.63, 3.8) is 0 Å². The Morgan fingerprint density at radius 3 is 2.51 bits per heavy atom. The van der Waals surface area contributed by atoms with Gasteiger partial charge in [-0.3, -0.25) is 19.2 Å². The molecule has 0 aliphatic carbocycles. The average molecular weight is 610 g/mol. The summed E-state index contributed by atoms with van der Waals surface area (Å²) >= 11 is 0. The van der Waals surface area contributed by atoms with E-state index in [1.54, 1.807) is 60.4 Å². The Labute approximate surface area is 252 Å². The highest BCUT2D eigenvalue weighted by molar-refractivity contribution is 7.92. The summed E-state index contributed by atoms with van der Waals surface area (Å²) in [5, 5.41) is 12.7. The van der Waals surface area contributed by atoms with E-state index in [9.17, 15) is 23.1 Å². The maximum atomic E-state index is 13.5. The summed E-state index contributed by atoms with van der Waals surface area (Å²) in [5.74, 6) is -0.330. The molecule has 1 heterocycles. The molecule has 0 spiro atoms. The number of para-hydroxylation sites is 2. The van der Waals surface area contributed by atoms with Gasteiger partial charge in [-0.15, -0.1) is 0 Å². The zero-order valence-electron chi connectivity index (χ0n) is 24.8. The molecule has 4 rings (SSSR count). The third-order valence-electron chi connectivity index (χ3n) is 7.34. The average Bonchev–Trinajstić information content (AvgIpc) is 2.95. The van der Waals surface area contributed by atoms with Gasteiger partial charge in [-0.25, -0.2) is 8.42 Å². The molecule has 3 atom stereocenters. The van der Waals surface area contributed by atoms with Crippen LogP contribution in [0.3, 0.4) is 0 Å². The molecule has 11 nitrogen and oxygen atoms in total. The zero-order chi connectivity index (χ0) is 31.3. The molecule has 1 aliphatic rings. The van der Waals surface area contributed by atoms with Crippen molar-refractivity contribution < 1.29 is 27.9 Å². The summed E-state index contributed by atoms with van der Waals surface area (Å²) in [6.45, 7) is 5.01. The predicted octanol–water partition coefficient (Wildman–Crippen LogP) is 3.24. The van der Waals surface area contributed by atoms with E-state index in [1.165, 1.54) is 6.07 Å². The van der Waals surface area contributed by atoms with Gasteiger partial charge in [0.25, 0.3) is 11.8 Å². The smallest absolute Gasteiger partial charge is 0.258 e. The van der Waals surface area contributed by atoms with Crippen LogP contribution < -0.4 is 20.5 Å². The number of ether oxygens (including phenoxy) is 1. The summed E-state index contributed by atoms with van der Waals surface area (Å²) in [6, 6.07) is 18.6. The number of likely N-dealkylation sites (N-methyl/N-ethyl adjacent to an activating group) is 1. The lowest BCUT2D eigenvalue weighted by Crippen LogP contribution is -2.49. The number of nitrogens with two attached hydrogens (primary N) is 1. The summed E-state index contributed by atoms with van der Waals surface area (Å²) in [7, 11) is -1.59. The number of sulfonamides is 1. The highest BCUT2D eigenvalue weighted by Gasteiger charge is 2.33. The Morgan fingerprint density at radius 2 is 1.86 bits per heavy atom. The van der Waals surface area contributed by atoms with Crippen LogP contribution in [-0.4, -0.2) is 80.3 Å². The Morgan fingerprint density at radius 1 is 1.16 bits per heavy atom. The summed E-state index contributed by atoms with van der Waals surface area (Å²) in [6.07, 6.45) is 0.722. The van der Waals surface area contributed by atoms with E-state index in [0.29, 0.717) is 42.3 Å². The maximum absolute atomic E-state index is 13.5. The monoisotopic (exact) mass is 609 g/mol. The first kappa shape index (κ1) is 31.8. The second kappa shape index (κ2) is 13.4. The number of aliphatic hydroxyl groups excluding tert-OH is 1. The number of hydrogen-bond donors (Lipinski definition) is 4. The third-order valence-corrected chi connectivity index (χ3v) is 7.94. The standard InChI is InChI=1S/C31H39N5O6S/c1-20-16-36(21(2)19-37)31(39)25-15-24(34-43(4,40)41)13-14-28(25)42-29(20)18-35(3)17-22-9-11-23(12-10-22)30(38)33-27-8-6-5-7-26(27)32/h5-15,20-21,29,34,37H,16-19,32H2,1-4H3,(H,33,38)/t20-,21-,29-/m0/s1. The van der Waals surface area contributed by atoms with Crippen LogP contribution in [0.2, 0.25) is 0 Å². The van der Waals surface area contributed by atoms with Gasteiger partial charge in [0.05, 0.1) is 35.8 Å². The fraction of sp³-hybridized carbons (Fsp3) is 0.355. The van der Waals surface area contributed by atoms with E-state index in [1.807, 2.05) is 26.1 Å². The summed E-state index contributed by atoms with van der Waals surface area (Å²) < 4.78 is 32.4. The van der Waals surface area contributed by atoms with Crippen LogP contribution in [0.5, 0.6) is 5.75 Å². The number of anilines is 3. The molecule has 3 aromatic carbocycles. The van der Waals surface area contributed by atoms with E-state index >= 15 is 0 Å². The Kier molecular flexibility index (Phi) is 9.95. The molecule has 43 heavy (non-hydrogen) atoms. The number of nitrogens with zero attached hydrogens (tertiary/aromatic N) is 2. The lowest BCUT2D eigenvalue weighted by atomic mass is 9.99. The number of aliphatic hydroxyl groups is 1. The van der Waals surface area contributed by atoms with Crippen molar-refractivity contribution in [2.75, 3.05) is 48.8 Å². The van der Waals surface area contributed by atoms with Gasteiger partial charge in [0, 0.05) is 36.8 Å². The van der Waals surface area contributed by atoms with Crippen molar-refractivity contribution in [2.24, 2.45) is 5.92 Å². The van der Waals surface area contributed by atoms with Gasteiger partial charge in [-0.1, -0.05) is 31.2 Å². The number of benzene rings is 3. The quantitative estimate of drug-likeness (QED) is 0.256. The zero-order valence-corrected chi connectivity index (χ0v) is 25.6. The summed E-state index contributed by atoms with van der Waals surface area (Å²) in [5.41, 5.74) is 8.97. The second-order valence-electron chi connectivity index (χ2n) is 11.1. The van der Waals surface area contributed by atoms with Gasteiger partial charge in [-0.05, 0) is 62.0 Å². The number of carbonyl (C=O) groups is 2. The van der Waals surface area contributed by atoms with E-state index < -0.39 is 16.1 Å². The minimum absolute atomic E-state index is 0.0844. The van der Waals surface area contributed by atoms with Gasteiger partial charge in [0.15, 0.2) is 0 Å². The first-order valence-electron chi connectivity index (χ1n) is 14.0. The molecule has 0 fully saturated rings. The highest BCUT2D eigenvalue weighted by atomic mass is 32.2. The number of amides is 2. The van der Waals surface area contributed by atoms with Crippen LogP contribution in [0.1, 0.15) is 40.1 Å². The second-order valence-corrected chi connectivity index (χ2v) is 12.9. The fourth-order valence-corrected chi connectivity index (χ4v) is 5.52. The van der Waals surface area contributed by atoms with Gasteiger partial charge in [0.2, 0.25) is 10.0 Å². The van der Waals surface area contributed by atoms with Crippen molar-refractivity contribution in [2.45, 2.75) is 32.5 Å². The van der Waals surface area contributed by atoms with Crippen LogP contribution in [0, 0.1) is 5.92 Å². The number of rotatable bonds is 10. The lowest BCUT2D eigenvalue weighted by molar-refractivity contribution is 0.0341. The topological polar surface area (TPSA) is 154 Å². The van der Waals surface area contributed by atoms with Crippen molar-refractivity contribution in [1.82, 2.24) is 9.80 Å². The molecule has 0 bridgehead atoms. The minimum atomic E-state index is -3.55. The van der Waals surface area contributed by atoms with Gasteiger partial charge in [-0.2, -0.15) is 0 Å². The molecule has 0 aromatic heterocycles. The van der Waals surface area contributed by atoms with E-state index in [0.717, 1.165) is 11.8 Å². The highest BCUT2D eigenvalue weighted by Crippen LogP contribution is 2.31. The van der Waals surface area contributed by atoms with Crippen LogP contribution in [-0.2, 0) is 16.6 Å². The molecule has 230 valence electrons. The van der Waals surface area contributed by atoms with Gasteiger partial charge in [0.1, 0.15) is 11.9 Å². The molecule has 0 radical (unpaired) electrons. The Balaban J connectivity index is 1.49. The molecule has 3 aromatic rings. The molecule has 12 heteroatoms. The fourth-order valence-electron chi connectivity index (χ4n) is 4.97. The van der Waals surface area contributed by atoms with Crippen molar-refractivity contribution in [1.29, 1.82) is 0 Å². The molecule has 0 saturated carbocycles. The summed E-state index contributed by atoms with van der Waals surface area (Å²) in [4.78, 5) is 29.9. The largest absolute Gasteiger partial charge is 0.488 e. The van der Waals surface area contributed by atoms with Gasteiger partial charge < -0.3 is 25.8 Å². The Bertz CT molecular complexity index is 1560. The predicted molar refractivity (Wildman–Crippen MR) is 168 cm³/mol. The number of nitrogens with one attached hydrogen (secondary N) is 2. The van der Waals surface area contributed by atoms with E-state index in [2.05, 4.69) is 14.9 Å². The number of fused-ring (bicyclic) bond motifs is 1. The normalized spacial score (nSPS) is 17.8. The first-order valence-corrected chi connectivity index (χ1v) is 15.9. The van der Waals surface area contributed by atoms with Crippen molar-refractivity contribution >= 4 is 38.9 Å². The van der Waals surface area contributed by atoms with Crippen molar-refractivity contribution in [3.05, 3.63) is 83.4 Å².